The lowest BCUT2D eigenvalue weighted by Crippen LogP contribution is -2.20. The van der Waals surface area contributed by atoms with Gasteiger partial charge in [-0.15, -0.1) is 11.3 Å². The molecule has 1 amide bonds. The molecule has 29 heavy (non-hydrogen) atoms. The van der Waals surface area contributed by atoms with E-state index in [-0.39, 0.29) is 12.5 Å². The fourth-order valence-electron chi connectivity index (χ4n) is 2.83. The second-order valence-corrected chi connectivity index (χ2v) is 9.11. The summed E-state index contributed by atoms with van der Waals surface area (Å²) in [5.74, 6) is 0.372. The highest BCUT2D eigenvalue weighted by molar-refractivity contribution is 14.1. The van der Waals surface area contributed by atoms with Gasteiger partial charge in [0.05, 0.1) is 15.9 Å². The number of halogens is 2. The van der Waals surface area contributed by atoms with Crippen molar-refractivity contribution < 1.29 is 9.53 Å². The predicted molar refractivity (Wildman–Crippen MR) is 128 cm³/mol. The summed E-state index contributed by atoms with van der Waals surface area (Å²) in [6.07, 6.45) is 0. The third-order valence-electron chi connectivity index (χ3n) is 4.28. The van der Waals surface area contributed by atoms with Gasteiger partial charge in [0.2, 0.25) is 0 Å². The van der Waals surface area contributed by atoms with Crippen LogP contribution in [0.15, 0.2) is 60.7 Å². The molecule has 0 fully saturated rings. The van der Waals surface area contributed by atoms with Gasteiger partial charge in [-0.05, 0) is 83.6 Å². The maximum atomic E-state index is 12.5. The number of thiazole rings is 1. The third-order valence-corrected chi connectivity index (χ3v) is 6.44. The summed E-state index contributed by atoms with van der Waals surface area (Å²) >= 11 is 9.89. The van der Waals surface area contributed by atoms with E-state index < -0.39 is 0 Å². The minimum absolute atomic E-state index is 0.0909. The molecule has 0 atom stereocenters. The lowest BCUT2D eigenvalue weighted by atomic mass is 10.2. The average Bonchev–Trinajstić information content (AvgIpc) is 3.14. The lowest BCUT2D eigenvalue weighted by molar-refractivity contribution is -0.118. The summed E-state index contributed by atoms with van der Waals surface area (Å²) in [7, 11) is 0. The van der Waals surface area contributed by atoms with Crippen LogP contribution >= 0.6 is 45.5 Å². The lowest BCUT2D eigenvalue weighted by Gasteiger charge is -2.11. The molecule has 4 rings (SSSR count). The zero-order valence-corrected chi connectivity index (χ0v) is 19.1. The van der Waals surface area contributed by atoms with Gasteiger partial charge in [0, 0.05) is 14.2 Å². The van der Waals surface area contributed by atoms with Crippen molar-refractivity contribution in [1.29, 1.82) is 0 Å². The van der Waals surface area contributed by atoms with E-state index in [1.807, 2.05) is 55.5 Å². The van der Waals surface area contributed by atoms with Crippen molar-refractivity contribution in [2.24, 2.45) is 0 Å². The van der Waals surface area contributed by atoms with Gasteiger partial charge in [-0.2, -0.15) is 0 Å². The van der Waals surface area contributed by atoms with Gasteiger partial charge < -0.3 is 10.1 Å². The van der Waals surface area contributed by atoms with E-state index in [2.05, 4.69) is 27.9 Å². The number of ether oxygens (including phenoxy) is 1. The molecule has 0 radical (unpaired) electrons. The van der Waals surface area contributed by atoms with E-state index in [1.54, 1.807) is 23.5 Å². The number of anilines is 1. The topological polar surface area (TPSA) is 51.2 Å². The monoisotopic (exact) mass is 534 g/mol. The number of rotatable bonds is 5. The maximum Gasteiger partial charge on any atom is 0.262 e. The number of fused-ring (bicyclic) bond motifs is 1. The highest BCUT2D eigenvalue weighted by Gasteiger charge is 2.14. The molecule has 0 aliphatic carbocycles. The van der Waals surface area contributed by atoms with E-state index >= 15 is 0 Å². The molecule has 1 heterocycles. The molecule has 146 valence electrons. The molecular weight excluding hydrogens is 519 g/mol. The van der Waals surface area contributed by atoms with Gasteiger partial charge in [-0.1, -0.05) is 23.7 Å². The van der Waals surface area contributed by atoms with Crippen LogP contribution in [0, 0.1) is 10.5 Å². The predicted octanol–water partition coefficient (Wildman–Crippen LogP) is 6.55. The molecule has 0 saturated heterocycles. The Balaban J connectivity index is 1.53. The molecule has 0 saturated carbocycles. The van der Waals surface area contributed by atoms with Crippen molar-refractivity contribution >= 4 is 67.3 Å². The molecular formula is C22H16ClIN2O2S. The van der Waals surface area contributed by atoms with Gasteiger partial charge in [0.1, 0.15) is 10.8 Å². The van der Waals surface area contributed by atoms with Crippen LogP contribution in [-0.4, -0.2) is 17.5 Å². The molecule has 0 aliphatic heterocycles. The van der Waals surface area contributed by atoms with Crippen LogP contribution in [0.1, 0.15) is 5.56 Å². The standard InChI is InChI=1S/C22H16ClIN2O2S/c1-13-10-15(7-8-17(13)23)28-12-21(27)25-18-9-6-14(24)11-16(18)22-26-19-4-2-3-5-20(19)29-22/h2-11H,12H2,1H3,(H,25,27). The summed E-state index contributed by atoms with van der Waals surface area (Å²) in [6.45, 7) is 1.80. The SMILES string of the molecule is Cc1cc(OCC(=O)Nc2ccc(I)cc2-c2nc3ccccc3s2)ccc1Cl. The van der Waals surface area contributed by atoms with E-state index in [0.717, 1.165) is 29.9 Å². The molecule has 4 nitrogen and oxygen atoms in total. The van der Waals surface area contributed by atoms with E-state index in [9.17, 15) is 4.79 Å². The Kier molecular flexibility index (Phi) is 6.03. The van der Waals surface area contributed by atoms with Crippen molar-refractivity contribution in [1.82, 2.24) is 4.98 Å². The average molecular weight is 535 g/mol. The number of nitrogens with one attached hydrogen (secondary N) is 1. The summed E-state index contributed by atoms with van der Waals surface area (Å²) in [4.78, 5) is 17.2. The van der Waals surface area contributed by atoms with Gasteiger partial charge >= 0.3 is 0 Å². The fraction of sp³-hybridized carbons (Fsp3) is 0.0909. The molecule has 0 aliphatic rings. The Morgan fingerprint density at radius 1 is 1.17 bits per heavy atom. The summed E-state index contributed by atoms with van der Waals surface area (Å²) in [6, 6.07) is 19.2. The summed E-state index contributed by atoms with van der Waals surface area (Å²) in [5, 5.41) is 4.49. The number of carbonyl (C=O) groups is 1. The molecule has 0 unspecified atom stereocenters. The smallest absolute Gasteiger partial charge is 0.262 e. The number of benzene rings is 3. The molecule has 1 N–H and O–H groups in total. The normalized spacial score (nSPS) is 10.9. The van der Waals surface area contributed by atoms with Crippen molar-refractivity contribution in [3.63, 3.8) is 0 Å². The molecule has 3 aromatic carbocycles. The van der Waals surface area contributed by atoms with Gasteiger partial charge in [0.25, 0.3) is 5.91 Å². The van der Waals surface area contributed by atoms with Crippen LogP contribution in [0.5, 0.6) is 5.75 Å². The number of nitrogens with zero attached hydrogens (tertiary/aromatic N) is 1. The van der Waals surface area contributed by atoms with E-state index in [0.29, 0.717) is 16.5 Å². The molecule has 7 heteroatoms. The first-order valence-electron chi connectivity index (χ1n) is 8.84. The van der Waals surface area contributed by atoms with Crippen molar-refractivity contribution in [2.45, 2.75) is 6.92 Å². The Hall–Kier alpha value is -2.16. The van der Waals surface area contributed by atoms with Crippen molar-refractivity contribution in [3.05, 3.63) is 74.8 Å². The first kappa shape index (κ1) is 20.1. The second-order valence-electron chi connectivity index (χ2n) is 6.42. The number of hydrogen-bond donors (Lipinski definition) is 1. The Bertz CT molecular complexity index is 1180. The van der Waals surface area contributed by atoms with E-state index in [4.69, 9.17) is 21.3 Å². The van der Waals surface area contributed by atoms with Gasteiger partial charge in [-0.3, -0.25) is 4.79 Å². The minimum Gasteiger partial charge on any atom is -0.484 e. The number of aromatic nitrogens is 1. The Morgan fingerprint density at radius 3 is 2.79 bits per heavy atom. The minimum atomic E-state index is -0.235. The fourth-order valence-corrected chi connectivity index (χ4v) is 4.44. The van der Waals surface area contributed by atoms with Crippen LogP contribution in [0.4, 0.5) is 5.69 Å². The number of aryl methyl sites for hydroxylation is 1. The largest absolute Gasteiger partial charge is 0.484 e. The third kappa shape index (κ3) is 4.71. The van der Waals surface area contributed by atoms with Crippen LogP contribution < -0.4 is 10.1 Å². The zero-order chi connectivity index (χ0) is 20.4. The Morgan fingerprint density at radius 2 is 2.00 bits per heavy atom. The van der Waals surface area contributed by atoms with Crippen LogP contribution in [0.3, 0.4) is 0 Å². The quantitative estimate of drug-likeness (QED) is 0.296. The first-order chi connectivity index (χ1) is 14.0. The number of hydrogen-bond acceptors (Lipinski definition) is 4. The van der Waals surface area contributed by atoms with Crippen molar-refractivity contribution in [2.75, 3.05) is 11.9 Å². The maximum absolute atomic E-state index is 12.5. The number of carbonyl (C=O) groups excluding carboxylic acids is 1. The van der Waals surface area contributed by atoms with Crippen molar-refractivity contribution in [3.8, 4) is 16.3 Å². The number of amides is 1. The number of para-hydroxylation sites is 1. The van der Waals surface area contributed by atoms with Gasteiger partial charge in [0.15, 0.2) is 6.61 Å². The Labute approximate surface area is 191 Å². The van der Waals surface area contributed by atoms with Crippen LogP contribution in [0.25, 0.3) is 20.8 Å². The van der Waals surface area contributed by atoms with Crippen LogP contribution in [0.2, 0.25) is 5.02 Å². The van der Waals surface area contributed by atoms with Crippen LogP contribution in [-0.2, 0) is 4.79 Å². The molecule has 4 aromatic rings. The highest BCUT2D eigenvalue weighted by Crippen LogP contribution is 2.35. The second kappa shape index (κ2) is 8.69. The van der Waals surface area contributed by atoms with Gasteiger partial charge in [-0.25, -0.2) is 4.98 Å². The first-order valence-corrected chi connectivity index (χ1v) is 11.1. The van der Waals surface area contributed by atoms with E-state index in [1.165, 1.54) is 0 Å². The highest BCUT2D eigenvalue weighted by atomic mass is 127. The summed E-state index contributed by atoms with van der Waals surface area (Å²) in [5.41, 5.74) is 3.46. The molecule has 0 spiro atoms. The zero-order valence-electron chi connectivity index (χ0n) is 15.4. The molecule has 0 bridgehead atoms. The summed E-state index contributed by atoms with van der Waals surface area (Å²) < 4.78 is 7.79. The molecule has 1 aromatic heterocycles.